The third kappa shape index (κ3) is 6.46. The summed E-state index contributed by atoms with van der Waals surface area (Å²) in [6.45, 7) is 3.17. The summed E-state index contributed by atoms with van der Waals surface area (Å²) in [5.74, 6) is 0. The van der Waals surface area contributed by atoms with Crippen molar-refractivity contribution >= 4 is 91.2 Å². The summed E-state index contributed by atoms with van der Waals surface area (Å²) in [7, 11) is -4.36. The van der Waals surface area contributed by atoms with Crippen LogP contribution in [-0.2, 0) is 21.6 Å². The van der Waals surface area contributed by atoms with E-state index in [2.05, 4.69) is 11.5 Å². The van der Waals surface area contributed by atoms with Crippen LogP contribution in [0.5, 0.6) is 0 Å². The molecule has 0 aliphatic heterocycles. The van der Waals surface area contributed by atoms with Crippen LogP contribution in [0.1, 0.15) is 13.8 Å². The van der Waals surface area contributed by atoms with Crippen LogP contribution in [0.3, 0.4) is 0 Å². The highest BCUT2D eigenvalue weighted by molar-refractivity contribution is 8.00. The minimum Gasteiger partial charge on any atom is -0.249 e. The van der Waals surface area contributed by atoms with Crippen molar-refractivity contribution in [3.05, 3.63) is 33.4 Å². The maximum Gasteiger partial charge on any atom is 0.271 e. The molecule has 0 heterocycles. The van der Waals surface area contributed by atoms with Gasteiger partial charge in [0.05, 0.1) is 0 Å². The fourth-order valence-electron chi connectivity index (χ4n) is 0.900. The lowest BCUT2D eigenvalue weighted by Crippen LogP contribution is -2.20. The van der Waals surface area contributed by atoms with Crippen LogP contribution in [0.25, 0.3) is 0 Å². The second kappa shape index (κ2) is 8.64. The van der Waals surface area contributed by atoms with Gasteiger partial charge in [0, 0.05) is 0 Å². The van der Waals surface area contributed by atoms with E-state index < -0.39 is 27.8 Å². The minimum atomic E-state index is -2.18. The van der Waals surface area contributed by atoms with E-state index in [0.717, 1.165) is 0 Å². The lowest BCUT2D eigenvalue weighted by Gasteiger charge is -2.16. The molecule has 0 aromatic heterocycles. The predicted molar refractivity (Wildman–Crippen MR) is 91.4 cm³/mol. The number of rotatable bonds is 3. The smallest absolute Gasteiger partial charge is 0.249 e. The molecule has 0 aliphatic carbocycles. The van der Waals surface area contributed by atoms with Crippen LogP contribution < -0.4 is 0 Å². The Kier molecular flexibility index (Phi) is 9.11. The molecule has 0 spiro atoms. The molecular formula is C10H8Cl6O2S2. The summed E-state index contributed by atoms with van der Waals surface area (Å²) in [4.78, 5) is -0.342. The van der Waals surface area contributed by atoms with Crippen molar-refractivity contribution in [1.29, 1.82) is 0 Å². The van der Waals surface area contributed by atoms with Crippen LogP contribution in [0.15, 0.2) is 33.4 Å². The highest BCUT2D eigenvalue weighted by Crippen LogP contribution is 2.40. The zero-order valence-corrected chi connectivity index (χ0v) is 16.2. The molecular weight excluding hydrogens is 429 g/mol. The molecule has 0 rings (SSSR count). The molecule has 0 amide bonds. The van der Waals surface area contributed by atoms with Gasteiger partial charge in [-0.3, -0.25) is 0 Å². The van der Waals surface area contributed by atoms with E-state index in [1.165, 1.54) is 12.2 Å². The first-order chi connectivity index (χ1) is 8.96. The normalized spacial score (nSPS) is 14.6. The average molecular weight is 437 g/mol. The zero-order valence-electron chi connectivity index (χ0n) is 10.1. The molecule has 0 N–H and O–H groups in total. The Bertz CT molecular complexity index is 493. The lowest BCUT2D eigenvalue weighted by molar-refractivity contribution is 0.684. The molecule has 2 atom stereocenters. The van der Waals surface area contributed by atoms with Crippen LogP contribution in [0.2, 0.25) is 0 Å². The molecule has 0 saturated heterocycles. The van der Waals surface area contributed by atoms with Crippen molar-refractivity contribution in [2.45, 2.75) is 20.1 Å². The molecule has 10 heteroatoms. The summed E-state index contributed by atoms with van der Waals surface area (Å²) in [6, 6.07) is 0. The first-order valence-electron chi connectivity index (χ1n) is 4.77. The van der Waals surface area contributed by atoms with Gasteiger partial charge in [-0.1, -0.05) is 69.6 Å². The van der Waals surface area contributed by atoms with Crippen LogP contribution in [0, 0.1) is 0 Å². The fourth-order valence-corrected chi connectivity index (χ4v) is 4.11. The van der Waals surface area contributed by atoms with Gasteiger partial charge >= 0.3 is 0 Å². The maximum atomic E-state index is 12.2. The third-order valence-corrected chi connectivity index (χ3v) is 6.43. The van der Waals surface area contributed by atoms with E-state index in [4.69, 9.17) is 69.6 Å². The van der Waals surface area contributed by atoms with Gasteiger partial charge in [-0.25, -0.2) is 8.42 Å². The van der Waals surface area contributed by atoms with Crippen molar-refractivity contribution in [3.63, 3.8) is 0 Å². The first kappa shape index (κ1) is 21.1. The largest absolute Gasteiger partial charge is 0.271 e. The summed E-state index contributed by atoms with van der Waals surface area (Å²) >= 11 is 33.5. The summed E-state index contributed by atoms with van der Waals surface area (Å²) in [5, 5.41) is 0. The number of alkyl halides is 6. The molecule has 114 valence electrons. The first-order valence-corrected chi connectivity index (χ1v) is 9.33. The minimum absolute atomic E-state index is 0.171. The van der Waals surface area contributed by atoms with E-state index in [9.17, 15) is 8.42 Å². The van der Waals surface area contributed by atoms with E-state index in [1.54, 1.807) is 13.8 Å². The lowest BCUT2D eigenvalue weighted by atomic mass is 10.5. The van der Waals surface area contributed by atoms with Gasteiger partial charge in [-0.05, 0) is 26.0 Å². The number of hydrogen-bond acceptors (Lipinski definition) is 2. The molecule has 0 aromatic carbocycles. The van der Waals surface area contributed by atoms with Crippen LogP contribution >= 0.6 is 69.6 Å². The molecule has 0 bridgehead atoms. The van der Waals surface area contributed by atoms with Crippen molar-refractivity contribution in [1.82, 2.24) is 0 Å². The van der Waals surface area contributed by atoms with E-state index in [-0.39, 0.29) is 9.81 Å². The van der Waals surface area contributed by atoms with Crippen molar-refractivity contribution in [2.75, 3.05) is 0 Å². The van der Waals surface area contributed by atoms with E-state index >= 15 is 0 Å². The fraction of sp³-hybridized carbons (Fsp3) is 0.400. The van der Waals surface area contributed by atoms with Gasteiger partial charge in [-0.15, -0.1) is 11.5 Å². The average Bonchev–Trinajstić information content (AvgIpc) is 2.29. The second-order valence-corrected chi connectivity index (χ2v) is 12.0. The summed E-state index contributed by atoms with van der Waals surface area (Å²) in [5.41, 5.74) is 5.15. The molecule has 0 fully saturated rings. The Labute approximate surface area is 152 Å². The van der Waals surface area contributed by atoms with Crippen LogP contribution in [-0.4, -0.2) is 14.7 Å². The third-order valence-electron chi connectivity index (χ3n) is 1.55. The van der Waals surface area contributed by atoms with Gasteiger partial charge in [0.25, 0.3) is 6.25 Å². The summed E-state index contributed by atoms with van der Waals surface area (Å²) in [6.07, 6.45) is 2.80. The van der Waals surface area contributed by atoms with E-state index in [0.29, 0.717) is 0 Å². The van der Waals surface area contributed by atoms with Gasteiger partial charge in [0.15, 0.2) is 0 Å². The molecule has 0 radical (unpaired) electrons. The monoisotopic (exact) mass is 434 g/mol. The zero-order chi connectivity index (χ0) is 16.1. The van der Waals surface area contributed by atoms with Gasteiger partial charge in [-0.2, -0.15) is 0 Å². The standard InChI is InChI=1S/C10H8Cl6O2S2/c1-3-5-7(19(17)9(11,12)13)8(6-4-2)20(18)10(14,15)16/h3-4H,1-2H3. The van der Waals surface area contributed by atoms with Crippen molar-refractivity contribution in [3.8, 4) is 0 Å². The SMILES string of the molecule is CC=C=C(C(=C=CC)S(=O)C(Cl)(Cl)Cl)S(=O)C(Cl)(Cl)Cl. The predicted octanol–water partition coefficient (Wildman–Crippen LogP) is 5.26. The Balaban J connectivity index is 6.19. The quantitative estimate of drug-likeness (QED) is 0.343. The number of halogens is 6. The Morgan fingerprint density at radius 1 is 0.800 bits per heavy atom. The number of hydrogen-bond donors (Lipinski definition) is 0. The highest BCUT2D eigenvalue weighted by atomic mass is 35.6. The van der Waals surface area contributed by atoms with Crippen molar-refractivity contribution < 1.29 is 8.42 Å². The molecule has 0 saturated carbocycles. The van der Waals surface area contributed by atoms with Crippen molar-refractivity contribution in [2.24, 2.45) is 0 Å². The molecule has 2 unspecified atom stereocenters. The highest BCUT2D eigenvalue weighted by Gasteiger charge is 2.39. The van der Waals surface area contributed by atoms with Crippen LogP contribution in [0.4, 0.5) is 0 Å². The molecule has 0 aromatic rings. The second-order valence-electron chi connectivity index (χ2n) is 2.95. The molecule has 20 heavy (non-hydrogen) atoms. The van der Waals surface area contributed by atoms with E-state index in [1.807, 2.05) is 0 Å². The molecule has 2 nitrogen and oxygen atoms in total. The summed E-state index contributed by atoms with van der Waals surface area (Å²) < 4.78 is 20.0. The van der Waals surface area contributed by atoms with Gasteiger partial charge < -0.3 is 0 Å². The maximum absolute atomic E-state index is 12.2. The Morgan fingerprint density at radius 2 is 1.05 bits per heavy atom. The van der Waals surface area contributed by atoms with Gasteiger partial charge in [0.2, 0.25) is 0 Å². The topological polar surface area (TPSA) is 34.1 Å². The van der Waals surface area contributed by atoms with Gasteiger partial charge in [0.1, 0.15) is 31.4 Å². The molecule has 0 aliphatic rings. The Hall–Kier alpha value is 1.08. The Morgan fingerprint density at radius 3 is 1.20 bits per heavy atom.